The zero-order valence-corrected chi connectivity index (χ0v) is 15.9. The molecular formula is C15H16Cl2O4S2. The number of benzene rings is 2. The van der Waals surface area contributed by atoms with Gasteiger partial charge in [-0.25, -0.2) is 16.8 Å². The third-order valence-electron chi connectivity index (χ3n) is 2.88. The van der Waals surface area contributed by atoms with Gasteiger partial charge in [0.2, 0.25) is 0 Å². The van der Waals surface area contributed by atoms with Crippen molar-refractivity contribution in [3.05, 3.63) is 59.2 Å². The van der Waals surface area contributed by atoms with Crippen LogP contribution in [-0.2, 0) is 18.1 Å². The third kappa shape index (κ3) is 6.51. The highest BCUT2D eigenvalue weighted by Crippen LogP contribution is 2.20. The Hall–Kier alpha value is -1.08. The van der Waals surface area contributed by atoms with E-state index in [1.807, 2.05) is 26.0 Å². The van der Waals surface area contributed by atoms with Crippen LogP contribution in [0.2, 0.25) is 0 Å². The molecule has 0 atom stereocenters. The zero-order valence-electron chi connectivity index (χ0n) is 12.7. The standard InChI is InChI=1S/C8H9ClO2S.C7H7ClO2S/c1-6-3-4-7(2)8(5-6)12(9,10)11;1-6-3-2-4-7(5-6)11(8,9)10/h3-5H,1-2H3;2-5H,1H3. The fourth-order valence-corrected chi connectivity index (χ4v) is 3.87. The summed E-state index contributed by atoms with van der Waals surface area (Å²) < 4.78 is 43.4. The van der Waals surface area contributed by atoms with Crippen LogP contribution in [0.1, 0.15) is 16.7 Å². The van der Waals surface area contributed by atoms with Crippen molar-refractivity contribution in [2.45, 2.75) is 30.6 Å². The molecule has 2 rings (SSSR count). The van der Waals surface area contributed by atoms with E-state index in [1.165, 1.54) is 12.1 Å². The van der Waals surface area contributed by atoms with Crippen LogP contribution in [-0.4, -0.2) is 16.8 Å². The predicted molar refractivity (Wildman–Crippen MR) is 93.2 cm³/mol. The molecule has 0 N–H and O–H groups in total. The lowest BCUT2D eigenvalue weighted by Crippen LogP contribution is -1.94. The van der Waals surface area contributed by atoms with Crippen LogP contribution < -0.4 is 0 Å². The predicted octanol–water partition coefficient (Wildman–Crippen LogP) is 4.15. The van der Waals surface area contributed by atoms with Crippen LogP contribution in [0.15, 0.2) is 52.3 Å². The van der Waals surface area contributed by atoms with Crippen LogP contribution >= 0.6 is 21.4 Å². The van der Waals surface area contributed by atoms with Crippen LogP contribution in [0, 0.1) is 20.8 Å². The maximum absolute atomic E-state index is 11.0. The Labute approximate surface area is 145 Å². The maximum Gasteiger partial charge on any atom is 0.261 e. The van der Waals surface area contributed by atoms with Crippen molar-refractivity contribution in [3.63, 3.8) is 0 Å². The normalized spacial score (nSPS) is 11.5. The van der Waals surface area contributed by atoms with Crippen molar-refractivity contribution >= 4 is 39.5 Å². The summed E-state index contributed by atoms with van der Waals surface area (Å²) in [4.78, 5) is 0.350. The molecule has 0 amide bonds. The van der Waals surface area contributed by atoms with E-state index in [0.29, 0.717) is 5.56 Å². The summed E-state index contributed by atoms with van der Waals surface area (Å²) in [6.07, 6.45) is 0. The van der Waals surface area contributed by atoms with Gasteiger partial charge in [0.05, 0.1) is 9.79 Å². The van der Waals surface area contributed by atoms with Crippen molar-refractivity contribution in [2.24, 2.45) is 0 Å². The minimum Gasteiger partial charge on any atom is -0.207 e. The first kappa shape index (κ1) is 20.0. The first-order valence-corrected chi connectivity index (χ1v) is 11.1. The Morgan fingerprint density at radius 1 is 0.739 bits per heavy atom. The van der Waals surface area contributed by atoms with E-state index in [9.17, 15) is 16.8 Å². The van der Waals surface area contributed by atoms with Crippen LogP contribution in [0.5, 0.6) is 0 Å². The highest BCUT2D eigenvalue weighted by molar-refractivity contribution is 8.14. The number of hydrogen-bond donors (Lipinski definition) is 0. The molecule has 0 unspecified atom stereocenters. The monoisotopic (exact) mass is 394 g/mol. The molecule has 0 aliphatic rings. The summed E-state index contributed by atoms with van der Waals surface area (Å²) in [5.74, 6) is 0. The second-order valence-corrected chi connectivity index (χ2v) is 10.1. The second kappa shape index (κ2) is 7.66. The summed E-state index contributed by atoms with van der Waals surface area (Å²) in [6, 6.07) is 11.6. The first-order chi connectivity index (χ1) is 10.4. The highest BCUT2D eigenvalue weighted by atomic mass is 35.7. The van der Waals surface area contributed by atoms with Gasteiger partial charge >= 0.3 is 0 Å². The van der Waals surface area contributed by atoms with Crippen molar-refractivity contribution < 1.29 is 16.8 Å². The quantitative estimate of drug-likeness (QED) is 0.717. The molecule has 0 spiro atoms. The van der Waals surface area contributed by atoms with Gasteiger partial charge < -0.3 is 0 Å². The molecule has 0 aromatic heterocycles. The van der Waals surface area contributed by atoms with Crippen molar-refractivity contribution in [1.82, 2.24) is 0 Å². The van der Waals surface area contributed by atoms with Crippen LogP contribution in [0.25, 0.3) is 0 Å². The largest absolute Gasteiger partial charge is 0.261 e. The molecule has 0 bridgehead atoms. The Bertz CT molecular complexity index is 905. The number of rotatable bonds is 2. The van der Waals surface area contributed by atoms with Gasteiger partial charge in [-0.1, -0.05) is 24.3 Å². The highest BCUT2D eigenvalue weighted by Gasteiger charge is 2.12. The Kier molecular flexibility index (Phi) is 6.65. The Balaban J connectivity index is 0.000000231. The SMILES string of the molecule is Cc1ccc(C)c(S(=O)(=O)Cl)c1.Cc1cccc(S(=O)(=O)Cl)c1. The molecule has 0 aliphatic carbocycles. The van der Waals surface area contributed by atoms with Gasteiger partial charge in [0, 0.05) is 21.4 Å². The fourth-order valence-electron chi connectivity index (χ4n) is 1.74. The second-order valence-electron chi connectivity index (χ2n) is 4.96. The average Bonchev–Trinajstić information content (AvgIpc) is 2.40. The van der Waals surface area contributed by atoms with Crippen molar-refractivity contribution in [1.29, 1.82) is 0 Å². The van der Waals surface area contributed by atoms with E-state index < -0.39 is 18.1 Å². The van der Waals surface area contributed by atoms with Gasteiger partial charge in [-0.05, 0) is 55.7 Å². The number of aryl methyl sites for hydroxylation is 3. The summed E-state index contributed by atoms with van der Waals surface area (Å²) in [5, 5.41) is 0. The summed E-state index contributed by atoms with van der Waals surface area (Å²) in [6.45, 7) is 5.35. The smallest absolute Gasteiger partial charge is 0.207 e. The molecule has 0 radical (unpaired) electrons. The fraction of sp³-hybridized carbons (Fsp3) is 0.200. The number of halogens is 2. The van der Waals surface area contributed by atoms with E-state index >= 15 is 0 Å². The lowest BCUT2D eigenvalue weighted by molar-refractivity contribution is 0.607. The molecular weight excluding hydrogens is 379 g/mol. The van der Waals surface area contributed by atoms with Gasteiger partial charge in [0.25, 0.3) is 18.1 Å². The summed E-state index contributed by atoms with van der Waals surface area (Å²) >= 11 is 0. The molecule has 4 nitrogen and oxygen atoms in total. The molecule has 23 heavy (non-hydrogen) atoms. The van der Waals surface area contributed by atoms with Crippen LogP contribution in [0.4, 0.5) is 0 Å². The number of hydrogen-bond acceptors (Lipinski definition) is 4. The van der Waals surface area contributed by atoms with E-state index in [0.717, 1.165) is 11.1 Å². The van der Waals surface area contributed by atoms with Gasteiger partial charge in [0.15, 0.2) is 0 Å². The van der Waals surface area contributed by atoms with Gasteiger partial charge in [-0.3, -0.25) is 0 Å². The van der Waals surface area contributed by atoms with Crippen molar-refractivity contribution in [3.8, 4) is 0 Å². The van der Waals surface area contributed by atoms with E-state index in [4.69, 9.17) is 21.4 Å². The summed E-state index contributed by atoms with van der Waals surface area (Å²) in [7, 11) is 3.17. The molecule has 126 valence electrons. The molecule has 0 fully saturated rings. The molecule has 0 saturated heterocycles. The Morgan fingerprint density at radius 2 is 1.30 bits per heavy atom. The van der Waals surface area contributed by atoms with E-state index in [2.05, 4.69) is 0 Å². The van der Waals surface area contributed by atoms with Gasteiger partial charge in [-0.15, -0.1) is 0 Å². The maximum atomic E-state index is 11.0. The Morgan fingerprint density at radius 3 is 1.70 bits per heavy atom. The van der Waals surface area contributed by atoms with Gasteiger partial charge in [-0.2, -0.15) is 0 Å². The topological polar surface area (TPSA) is 68.3 Å². The lowest BCUT2D eigenvalue weighted by Gasteiger charge is -2.01. The minimum absolute atomic E-state index is 0.152. The van der Waals surface area contributed by atoms with Crippen LogP contribution in [0.3, 0.4) is 0 Å². The lowest BCUT2D eigenvalue weighted by atomic mass is 10.2. The van der Waals surface area contributed by atoms with Gasteiger partial charge in [0.1, 0.15) is 0 Å². The third-order valence-corrected chi connectivity index (χ3v) is 5.69. The zero-order chi connectivity index (χ0) is 17.8. The molecule has 2 aromatic rings. The molecule has 2 aromatic carbocycles. The van der Waals surface area contributed by atoms with E-state index in [-0.39, 0.29) is 9.79 Å². The molecule has 8 heteroatoms. The molecule has 0 aliphatic heterocycles. The van der Waals surface area contributed by atoms with E-state index in [1.54, 1.807) is 25.1 Å². The molecule has 0 saturated carbocycles. The average molecular weight is 395 g/mol. The van der Waals surface area contributed by atoms with Crippen molar-refractivity contribution in [2.75, 3.05) is 0 Å². The first-order valence-electron chi connectivity index (χ1n) is 6.44. The minimum atomic E-state index is -3.58. The summed E-state index contributed by atoms with van der Waals surface area (Å²) in [5.41, 5.74) is 2.45. The molecule has 0 heterocycles.